The number of nitrogens with zero attached hydrogens (tertiary/aromatic N) is 1. The highest BCUT2D eigenvalue weighted by atomic mass is 35.5. The zero-order valence-electron chi connectivity index (χ0n) is 10.3. The van der Waals surface area contributed by atoms with Gasteiger partial charge in [0.1, 0.15) is 0 Å². The molecule has 0 saturated carbocycles. The van der Waals surface area contributed by atoms with E-state index in [4.69, 9.17) is 11.6 Å². The number of fused-ring (bicyclic) bond motifs is 1. The van der Waals surface area contributed by atoms with Gasteiger partial charge in [-0.2, -0.15) is 0 Å². The van der Waals surface area contributed by atoms with Crippen LogP contribution in [0, 0.1) is 6.92 Å². The van der Waals surface area contributed by atoms with E-state index in [1.54, 1.807) is 0 Å². The minimum absolute atomic E-state index is 0.0257. The van der Waals surface area contributed by atoms with Crippen molar-refractivity contribution in [2.75, 3.05) is 13.1 Å². The lowest BCUT2D eigenvalue weighted by Crippen LogP contribution is -2.33. The second-order valence-electron chi connectivity index (χ2n) is 4.85. The molecule has 0 radical (unpaired) electrons. The summed E-state index contributed by atoms with van der Waals surface area (Å²) in [6, 6.07) is 3.98. The van der Waals surface area contributed by atoms with Crippen LogP contribution < -0.4 is 11.0 Å². The Bertz CT molecular complexity index is 637. The van der Waals surface area contributed by atoms with Gasteiger partial charge < -0.3 is 10.3 Å². The number of imidazole rings is 1. The molecule has 0 unspecified atom stereocenters. The first-order valence-electron chi connectivity index (χ1n) is 6.28. The highest BCUT2D eigenvalue weighted by molar-refractivity contribution is 6.32. The van der Waals surface area contributed by atoms with E-state index in [9.17, 15) is 4.79 Å². The van der Waals surface area contributed by atoms with Crippen molar-refractivity contribution in [2.24, 2.45) is 0 Å². The Morgan fingerprint density at radius 2 is 2.06 bits per heavy atom. The van der Waals surface area contributed by atoms with Gasteiger partial charge in [-0.15, -0.1) is 0 Å². The zero-order chi connectivity index (χ0) is 12.7. The second kappa shape index (κ2) is 4.44. The summed E-state index contributed by atoms with van der Waals surface area (Å²) in [5.41, 5.74) is 2.79. The Labute approximate surface area is 110 Å². The highest BCUT2D eigenvalue weighted by Crippen LogP contribution is 2.27. The van der Waals surface area contributed by atoms with Crippen LogP contribution in [-0.2, 0) is 0 Å². The van der Waals surface area contributed by atoms with Crippen LogP contribution in [0.3, 0.4) is 0 Å². The minimum atomic E-state index is -0.0257. The van der Waals surface area contributed by atoms with Gasteiger partial charge >= 0.3 is 5.69 Å². The normalized spacial score (nSPS) is 17.4. The van der Waals surface area contributed by atoms with E-state index in [1.165, 1.54) is 0 Å². The van der Waals surface area contributed by atoms with Gasteiger partial charge in [0.15, 0.2) is 0 Å². The average molecular weight is 266 g/mol. The molecular formula is C13H16ClN3O. The van der Waals surface area contributed by atoms with Gasteiger partial charge in [-0.1, -0.05) is 11.6 Å². The summed E-state index contributed by atoms with van der Waals surface area (Å²) in [6.07, 6.45) is 1.97. The van der Waals surface area contributed by atoms with Gasteiger partial charge in [0.25, 0.3) is 0 Å². The third-order valence-corrected chi connectivity index (χ3v) is 4.15. The minimum Gasteiger partial charge on any atom is -0.317 e. The number of H-pyrrole nitrogens is 1. The molecule has 2 aromatic rings. The van der Waals surface area contributed by atoms with Crippen molar-refractivity contribution in [3.8, 4) is 0 Å². The zero-order valence-corrected chi connectivity index (χ0v) is 11.0. The van der Waals surface area contributed by atoms with E-state index >= 15 is 0 Å². The molecule has 0 amide bonds. The maximum Gasteiger partial charge on any atom is 0.326 e. The summed E-state index contributed by atoms with van der Waals surface area (Å²) in [7, 11) is 0. The summed E-state index contributed by atoms with van der Waals surface area (Å²) in [4.78, 5) is 15.1. The molecule has 1 aliphatic heterocycles. The van der Waals surface area contributed by atoms with Crippen molar-refractivity contribution >= 4 is 22.6 Å². The molecule has 0 atom stereocenters. The number of nitrogens with one attached hydrogen (secondary N) is 2. The molecule has 4 nitrogen and oxygen atoms in total. The predicted octanol–water partition coefficient (Wildman–Crippen LogP) is 2.22. The molecule has 2 N–H and O–H groups in total. The molecule has 0 aliphatic carbocycles. The molecule has 1 aromatic heterocycles. The number of aryl methyl sites for hydroxylation is 1. The fourth-order valence-corrected chi connectivity index (χ4v) is 2.93. The van der Waals surface area contributed by atoms with E-state index in [1.807, 2.05) is 23.6 Å². The Morgan fingerprint density at radius 1 is 1.33 bits per heavy atom. The Kier molecular flexibility index (Phi) is 2.92. The number of aromatic nitrogens is 2. The smallest absolute Gasteiger partial charge is 0.317 e. The van der Waals surface area contributed by atoms with Crippen molar-refractivity contribution in [3.05, 3.63) is 33.2 Å². The van der Waals surface area contributed by atoms with Crippen LogP contribution in [0.5, 0.6) is 0 Å². The maximum atomic E-state index is 12.1. The van der Waals surface area contributed by atoms with Crippen LogP contribution in [0.2, 0.25) is 5.02 Å². The third-order valence-electron chi connectivity index (χ3n) is 3.74. The van der Waals surface area contributed by atoms with Crippen molar-refractivity contribution in [3.63, 3.8) is 0 Å². The number of aromatic amines is 1. The summed E-state index contributed by atoms with van der Waals surface area (Å²) >= 11 is 6.17. The molecule has 0 bridgehead atoms. The van der Waals surface area contributed by atoms with E-state index in [0.717, 1.165) is 42.5 Å². The number of halogens is 1. The lowest BCUT2D eigenvalue weighted by molar-refractivity contribution is 0.368. The molecule has 96 valence electrons. The van der Waals surface area contributed by atoms with Crippen LogP contribution in [0.25, 0.3) is 11.0 Å². The van der Waals surface area contributed by atoms with E-state index < -0.39 is 0 Å². The van der Waals surface area contributed by atoms with Gasteiger partial charge in [-0.3, -0.25) is 4.57 Å². The van der Waals surface area contributed by atoms with E-state index in [2.05, 4.69) is 10.3 Å². The summed E-state index contributed by atoms with van der Waals surface area (Å²) in [6.45, 7) is 3.89. The van der Waals surface area contributed by atoms with Crippen LogP contribution in [0.4, 0.5) is 0 Å². The average Bonchev–Trinajstić information content (AvgIpc) is 2.72. The Hall–Kier alpha value is -1.26. The van der Waals surface area contributed by atoms with Gasteiger partial charge in [0, 0.05) is 11.1 Å². The van der Waals surface area contributed by atoms with Crippen LogP contribution in [-0.4, -0.2) is 22.6 Å². The molecule has 2 heterocycles. The molecule has 18 heavy (non-hydrogen) atoms. The molecule has 0 spiro atoms. The number of piperidine rings is 1. The molecule has 3 rings (SSSR count). The monoisotopic (exact) mass is 265 g/mol. The van der Waals surface area contributed by atoms with Crippen LogP contribution in [0.15, 0.2) is 16.9 Å². The number of hydrogen-bond acceptors (Lipinski definition) is 2. The molecule has 1 aromatic carbocycles. The van der Waals surface area contributed by atoms with Crippen LogP contribution >= 0.6 is 11.6 Å². The number of rotatable bonds is 1. The lowest BCUT2D eigenvalue weighted by Gasteiger charge is -2.24. The van der Waals surface area contributed by atoms with Gasteiger partial charge in [-0.05, 0) is 50.6 Å². The number of hydrogen-bond donors (Lipinski definition) is 2. The van der Waals surface area contributed by atoms with Gasteiger partial charge in [-0.25, -0.2) is 4.79 Å². The quantitative estimate of drug-likeness (QED) is 0.831. The molecule has 5 heteroatoms. The fourth-order valence-electron chi connectivity index (χ4n) is 2.78. The summed E-state index contributed by atoms with van der Waals surface area (Å²) in [5, 5.41) is 4.03. The first-order valence-corrected chi connectivity index (χ1v) is 6.66. The Morgan fingerprint density at radius 3 is 2.78 bits per heavy atom. The topological polar surface area (TPSA) is 49.8 Å². The first kappa shape index (κ1) is 11.8. The van der Waals surface area contributed by atoms with Crippen molar-refractivity contribution in [1.82, 2.24) is 14.9 Å². The van der Waals surface area contributed by atoms with Gasteiger partial charge in [0.05, 0.1) is 11.0 Å². The second-order valence-corrected chi connectivity index (χ2v) is 5.26. The summed E-state index contributed by atoms with van der Waals surface area (Å²) < 4.78 is 1.89. The van der Waals surface area contributed by atoms with Crippen molar-refractivity contribution < 1.29 is 0 Å². The van der Waals surface area contributed by atoms with E-state index in [-0.39, 0.29) is 11.7 Å². The first-order chi connectivity index (χ1) is 8.68. The molecule has 1 fully saturated rings. The molecule has 1 saturated heterocycles. The standard InChI is InChI=1S/C13H16ClN3O/c1-8-10(14)2-3-11-12(8)17(13(18)16-11)9-4-6-15-7-5-9/h2-3,9,15H,4-7H2,1H3,(H,16,18). The largest absolute Gasteiger partial charge is 0.326 e. The van der Waals surface area contributed by atoms with E-state index in [0.29, 0.717) is 5.02 Å². The van der Waals surface area contributed by atoms with Crippen LogP contribution in [0.1, 0.15) is 24.4 Å². The maximum absolute atomic E-state index is 12.1. The predicted molar refractivity (Wildman–Crippen MR) is 73.4 cm³/mol. The van der Waals surface area contributed by atoms with Crippen molar-refractivity contribution in [1.29, 1.82) is 0 Å². The summed E-state index contributed by atoms with van der Waals surface area (Å²) in [5.74, 6) is 0. The Balaban J connectivity index is 2.23. The van der Waals surface area contributed by atoms with Gasteiger partial charge in [0.2, 0.25) is 0 Å². The molecular weight excluding hydrogens is 250 g/mol. The van der Waals surface area contributed by atoms with Crippen molar-refractivity contribution in [2.45, 2.75) is 25.8 Å². The SMILES string of the molecule is Cc1c(Cl)ccc2[nH]c(=O)n(C3CCNCC3)c12. The highest BCUT2D eigenvalue weighted by Gasteiger charge is 2.21. The number of benzene rings is 1. The fraction of sp³-hybridized carbons (Fsp3) is 0.462. The third kappa shape index (κ3) is 1.76. The molecule has 1 aliphatic rings. The lowest BCUT2D eigenvalue weighted by atomic mass is 10.1.